The molecule has 0 fully saturated rings. The number of benzene rings is 2. The van der Waals surface area contributed by atoms with Crippen LogP contribution in [0.4, 0.5) is 18.9 Å². The molecule has 0 bridgehead atoms. The average molecular weight is 390 g/mol. The normalized spacial score (nSPS) is 11.3. The van der Waals surface area contributed by atoms with E-state index in [0.717, 1.165) is 23.3 Å². The van der Waals surface area contributed by atoms with E-state index in [1.165, 1.54) is 23.4 Å². The van der Waals surface area contributed by atoms with Crippen molar-refractivity contribution in [1.82, 2.24) is 14.8 Å². The summed E-state index contributed by atoms with van der Waals surface area (Å²) in [5.74, 6) is -0.0581. The first kappa shape index (κ1) is 19.4. The van der Waals surface area contributed by atoms with Gasteiger partial charge in [0.25, 0.3) is 5.91 Å². The number of alkyl halides is 3. The third kappa shape index (κ3) is 4.30. The first-order valence-electron chi connectivity index (χ1n) is 8.31. The number of aromatic nitrogens is 3. The summed E-state index contributed by atoms with van der Waals surface area (Å²) >= 11 is 0. The Balaban J connectivity index is 1.81. The lowest BCUT2D eigenvalue weighted by molar-refractivity contribution is -0.137. The molecule has 6 nitrogen and oxygen atoms in total. The maximum Gasteiger partial charge on any atom is 0.416 e. The average Bonchev–Trinajstić information content (AvgIpc) is 3.16. The van der Waals surface area contributed by atoms with Crippen LogP contribution in [0.5, 0.6) is 5.75 Å². The summed E-state index contributed by atoms with van der Waals surface area (Å²) in [4.78, 5) is 16.1. The Morgan fingerprint density at radius 2 is 2.00 bits per heavy atom. The number of carbonyl (C=O) groups excluding carboxylic acids is 1. The molecule has 0 radical (unpaired) electrons. The predicted octanol–water partition coefficient (Wildman–Crippen LogP) is 3.92. The highest BCUT2D eigenvalue weighted by Gasteiger charge is 2.31. The highest BCUT2D eigenvalue weighted by molar-refractivity contribution is 5.94. The number of nitrogens with zero attached hydrogens (tertiary/aromatic N) is 3. The fourth-order valence-corrected chi connectivity index (χ4v) is 2.56. The third-order valence-electron chi connectivity index (χ3n) is 4.18. The Hall–Kier alpha value is -3.36. The minimum Gasteiger partial charge on any atom is -0.483 e. The van der Waals surface area contributed by atoms with Gasteiger partial charge in [-0.3, -0.25) is 4.79 Å². The van der Waals surface area contributed by atoms with Crippen molar-refractivity contribution in [3.8, 4) is 11.4 Å². The van der Waals surface area contributed by atoms with Gasteiger partial charge in [0.05, 0.1) is 16.9 Å². The van der Waals surface area contributed by atoms with Crippen LogP contribution < -0.4 is 10.1 Å². The number of amides is 1. The topological polar surface area (TPSA) is 69.0 Å². The van der Waals surface area contributed by atoms with E-state index in [1.807, 2.05) is 19.9 Å². The second-order valence-corrected chi connectivity index (χ2v) is 6.10. The van der Waals surface area contributed by atoms with Gasteiger partial charge in [0.15, 0.2) is 6.61 Å². The van der Waals surface area contributed by atoms with Crippen molar-refractivity contribution in [2.45, 2.75) is 20.0 Å². The summed E-state index contributed by atoms with van der Waals surface area (Å²) in [5, 5.41) is 6.37. The molecule has 2 aromatic carbocycles. The van der Waals surface area contributed by atoms with Crippen molar-refractivity contribution >= 4 is 11.6 Å². The molecule has 0 aliphatic heterocycles. The standard InChI is InChI=1S/C19H17F3N4O2/c1-12-4-3-5-17(13(12)2)28-9-18(27)25-15-8-14(19(20,21)22)6-7-16(15)26-11-23-10-24-26/h3-8,10-11H,9H2,1-2H3,(H,25,27). The zero-order valence-electron chi connectivity index (χ0n) is 15.1. The van der Waals surface area contributed by atoms with Gasteiger partial charge in [0, 0.05) is 0 Å². The van der Waals surface area contributed by atoms with Crippen molar-refractivity contribution in [3.63, 3.8) is 0 Å². The van der Waals surface area contributed by atoms with E-state index in [-0.39, 0.29) is 18.0 Å². The number of ether oxygens (including phenoxy) is 1. The molecular formula is C19H17F3N4O2. The van der Waals surface area contributed by atoms with E-state index in [4.69, 9.17) is 4.74 Å². The summed E-state index contributed by atoms with van der Waals surface area (Å²) in [5.41, 5.74) is 1.21. The zero-order valence-corrected chi connectivity index (χ0v) is 15.1. The number of aryl methyl sites for hydroxylation is 1. The van der Waals surface area contributed by atoms with E-state index in [1.54, 1.807) is 12.1 Å². The number of carbonyl (C=O) groups is 1. The van der Waals surface area contributed by atoms with Crippen molar-refractivity contribution in [2.24, 2.45) is 0 Å². The minimum atomic E-state index is -4.55. The summed E-state index contributed by atoms with van der Waals surface area (Å²) in [6.07, 6.45) is -1.98. The number of hydrogen-bond acceptors (Lipinski definition) is 4. The van der Waals surface area contributed by atoms with Crippen molar-refractivity contribution in [1.29, 1.82) is 0 Å². The van der Waals surface area contributed by atoms with E-state index >= 15 is 0 Å². The van der Waals surface area contributed by atoms with Crippen LogP contribution in [-0.2, 0) is 11.0 Å². The number of nitrogens with one attached hydrogen (secondary N) is 1. The van der Waals surface area contributed by atoms with Crippen LogP contribution in [0.1, 0.15) is 16.7 Å². The second-order valence-electron chi connectivity index (χ2n) is 6.10. The Morgan fingerprint density at radius 1 is 1.21 bits per heavy atom. The molecule has 1 aromatic heterocycles. The Bertz CT molecular complexity index is 985. The van der Waals surface area contributed by atoms with Crippen molar-refractivity contribution < 1.29 is 22.7 Å². The molecule has 146 valence electrons. The van der Waals surface area contributed by atoms with Gasteiger partial charge < -0.3 is 10.1 Å². The maximum absolute atomic E-state index is 13.1. The van der Waals surface area contributed by atoms with Crippen LogP contribution in [0.15, 0.2) is 49.1 Å². The number of rotatable bonds is 5. The molecule has 9 heteroatoms. The molecule has 0 saturated heterocycles. The number of anilines is 1. The van der Waals surface area contributed by atoms with E-state index in [0.29, 0.717) is 5.75 Å². The van der Waals surface area contributed by atoms with Gasteiger partial charge in [0.2, 0.25) is 0 Å². The molecule has 3 rings (SSSR count). The number of halogens is 3. The van der Waals surface area contributed by atoms with Crippen molar-refractivity contribution in [2.75, 3.05) is 11.9 Å². The Labute approximate surface area is 159 Å². The van der Waals surface area contributed by atoms with Gasteiger partial charge in [-0.15, -0.1) is 0 Å². The smallest absolute Gasteiger partial charge is 0.416 e. The molecule has 0 saturated carbocycles. The molecule has 0 spiro atoms. The van der Waals surface area contributed by atoms with Gasteiger partial charge in [-0.05, 0) is 49.2 Å². The summed E-state index contributed by atoms with van der Waals surface area (Å²) < 4.78 is 46.0. The second kappa shape index (κ2) is 7.71. The monoisotopic (exact) mass is 390 g/mol. The fourth-order valence-electron chi connectivity index (χ4n) is 2.56. The first-order valence-corrected chi connectivity index (χ1v) is 8.31. The third-order valence-corrected chi connectivity index (χ3v) is 4.18. The van der Waals surface area contributed by atoms with Gasteiger partial charge in [-0.2, -0.15) is 18.3 Å². The molecule has 0 aliphatic rings. The molecule has 0 atom stereocenters. The fraction of sp³-hybridized carbons (Fsp3) is 0.211. The van der Waals surface area contributed by atoms with Gasteiger partial charge >= 0.3 is 6.18 Å². The molecule has 1 heterocycles. The lowest BCUT2D eigenvalue weighted by Gasteiger charge is -2.15. The van der Waals surface area contributed by atoms with Crippen molar-refractivity contribution in [3.05, 3.63) is 65.7 Å². The molecule has 0 unspecified atom stereocenters. The molecule has 0 aliphatic carbocycles. The van der Waals surface area contributed by atoms with E-state index in [9.17, 15) is 18.0 Å². The van der Waals surface area contributed by atoms with Crippen LogP contribution in [0.25, 0.3) is 5.69 Å². The molecular weight excluding hydrogens is 373 g/mol. The quantitative estimate of drug-likeness (QED) is 0.717. The van der Waals surface area contributed by atoms with Gasteiger partial charge in [-0.25, -0.2) is 9.67 Å². The lowest BCUT2D eigenvalue weighted by Crippen LogP contribution is -2.22. The Morgan fingerprint density at radius 3 is 2.68 bits per heavy atom. The van der Waals surface area contributed by atoms with Gasteiger partial charge in [0.1, 0.15) is 18.4 Å². The highest BCUT2D eigenvalue weighted by atomic mass is 19.4. The van der Waals surface area contributed by atoms with E-state index < -0.39 is 17.6 Å². The molecule has 28 heavy (non-hydrogen) atoms. The predicted molar refractivity (Wildman–Crippen MR) is 96.4 cm³/mol. The summed E-state index contributed by atoms with van der Waals surface area (Å²) in [6, 6.07) is 8.42. The van der Waals surface area contributed by atoms with Crippen LogP contribution in [-0.4, -0.2) is 27.3 Å². The Kier molecular flexibility index (Phi) is 5.34. The first-order chi connectivity index (χ1) is 13.3. The lowest BCUT2D eigenvalue weighted by atomic mass is 10.1. The van der Waals surface area contributed by atoms with Crippen LogP contribution in [0.2, 0.25) is 0 Å². The summed E-state index contributed by atoms with van der Waals surface area (Å²) in [7, 11) is 0. The van der Waals surface area contributed by atoms with Gasteiger partial charge in [-0.1, -0.05) is 12.1 Å². The highest BCUT2D eigenvalue weighted by Crippen LogP contribution is 2.33. The van der Waals surface area contributed by atoms with Crippen LogP contribution in [0, 0.1) is 13.8 Å². The minimum absolute atomic E-state index is 0.0464. The van der Waals surface area contributed by atoms with Crippen LogP contribution in [0.3, 0.4) is 0 Å². The number of hydrogen-bond donors (Lipinski definition) is 1. The zero-order chi connectivity index (χ0) is 20.3. The van der Waals surface area contributed by atoms with E-state index in [2.05, 4.69) is 15.4 Å². The summed E-state index contributed by atoms with van der Waals surface area (Å²) in [6.45, 7) is 3.42. The SMILES string of the molecule is Cc1cccc(OCC(=O)Nc2cc(C(F)(F)F)ccc2-n2cncn2)c1C. The largest absolute Gasteiger partial charge is 0.483 e. The molecule has 1 amide bonds. The molecule has 1 N–H and O–H groups in total. The maximum atomic E-state index is 13.1. The van der Waals surface area contributed by atoms with Crippen LogP contribution >= 0.6 is 0 Å². The molecule has 3 aromatic rings.